The van der Waals surface area contributed by atoms with Crippen LogP contribution in [-0.2, 0) is 4.79 Å². The summed E-state index contributed by atoms with van der Waals surface area (Å²) < 4.78 is 0. The average Bonchev–Trinajstić information content (AvgIpc) is 3.06. The maximum Gasteiger partial charge on any atom is 0.244 e. The van der Waals surface area contributed by atoms with E-state index in [4.69, 9.17) is 0 Å². The molecule has 2 atom stereocenters. The van der Waals surface area contributed by atoms with E-state index in [1.54, 1.807) is 12.2 Å². The van der Waals surface area contributed by atoms with Gasteiger partial charge in [-0.25, -0.2) is 0 Å². The van der Waals surface area contributed by atoms with Crippen LogP contribution in [-0.4, -0.2) is 34.9 Å². The summed E-state index contributed by atoms with van der Waals surface area (Å²) in [5.74, 6) is -0.241. The van der Waals surface area contributed by atoms with E-state index in [2.05, 4.69) is 19.2 Å². The largest absolute Gasteiger partial charge is 0.394 e. The van der Waals surface area contributed by atoms with E-state index < -0.39 is 12.1 Å². The number of aliphatic hydroxyl groups is 2. The van der Waals surface area contributed by atoms with Gasteiger partial charge in [0.05, 0.1) is 18.8 Å². The lowest BCUT2D eigenvalue weighted by Crippen LogP contribution is -2.44. The number of rotatable bonds is 37. The Bertz CT molecular complexity index is 661. The number of amides is 1. The van der Waals surface area contributed by atoms with E-state index in [1.807, 2.05) is 12.2 Å². The van der Waals surface area contributed by atoms with Crippen LogP contribution in [0.15, 0.2) is 24.3 Å². The molecule has 0 aromatic rings. The molecule has 0 aliphatic rings. The molecule has 3 N–H and O–H groups in total. The van der Waals surface area contributed by atoms with Gasteiger partial charge in [0.25, 0.3) is 0 Å². The van der Waals surface area contributed by atoms with Gasteiger partial charge in [-0.05, 0) is 31.8 Å². The van der Waals surface area contributed by atoms with Crippen molar-refractivity contribution in [3.05, 3.63) is 24.3 Å². The van der Waals surface area contributed by atoms with Crippen molar-refractivity contribution in [2.24, 2.45) is 0 Å². The van der Waals surface area contributed by atoms with Gasteiger partial charge in [-0.15, -0.1) is 0 Å². The highest BCUT2D eigenvalue weighted by Gasteiger charge is 2.16. The van der Waals surface area contributed by atoms with Gasteiger partial charge in [0.2, 0.25) is 5.91 Å². The third-order valence-corrected chi connectivity index (χ3v) is 9.49. The molecule has 0 saturated carbocycles. The van der Waals surface area contributed by atoms with Gasteiger partial charge >= 0.3 is 0 Å². The van der Waals surface area contributed by atoms with E-state index in [1.165, 1.54) is 180 Å². The first-order valence-electron chi connectivity index (χ1n) is 20.6. The maximum absolute atomic E-state index is 12.3. The summed E-state index contributed by atoms with van der Waals surface area (Å²) in [5, 5.41) is 22.8. The highest BCUT2D eigenvalue weighted by Crippen LogP contribution is 2.15. The summed E-state index contributed by atoms with van der Waals surface area (Å²) >= 11 is 0. The molecule has 0 spiro atoms. The van der Waals surface area contributed by atoms with Gasteiger partial charge in [-0.3, -0.25) is 4.79 Å². The zero-order chi connectivity index (χ0) is 33.6. The Balaban J connectivity index is 3.58. The van der Waals surface area contributed by atoms with Crippen LogP contribution in [0.3, 0.4) is 0 Å². The second-order valence-electron chi connectivity index (χ2n) is 14.1. The molecular formula is C42H81NO3. The van der Waals surface area contributed by atoms with Crippen molar-refractivity contribution in [1.82, 2.24) is 5.32 Å². The van der Waals surface area contributed by atoms with Crippen LogP contribution in [0.4, 0.5) is 0 Å². The van der Waals surface area contributed by atoms with Crippen LogP contribution in [0.2, 0.25) is 0 Å². The predicted molar refractivity (Wildman–Crippen MR) is 202 cm³/mol. The topological polar surface area (TPSA) is 69.6 Å². The minimum Gasteiger partial charge on any atom is -0.394 e. The second-order valence-corrected chi connectivity index (χ2v) is 14.1. The van der Waals surface area contributed by atoms with Crippen LogP contribution in [0.1, 0.15) is 219 Å². The maximum atomic E-state index is 12.3. The van der Waals surface area contributed by atoms with Gasteiger partial charge in [0.15, 0.2) is 0 Å². The molecule has 1 amide bonds. The van der Waals surface area contributed by atoms with E-state index >= 15 is 0 Å². The lowest BCUT2D eigenvalue weighted by molar-refractivity contribution is -0.118. The van der Waals surface area contributed by atoms with Crippen LogP contribution in [0.5, 0.6) is 0 Å². The molecule has 0 bridgehead atoms. The van der Waals surface area contributed by atoms with Gasteiger partial charge in [-0.1, -0.05) is 212 Å². The Labute approximate surface area is 288 Å². The predicted octanol–water partition coefficient (Wildman–Crippen LogP) is 12.5. The van der Waals surface area contributed by atoms with Gasteiger partial charge < -0.3 is 15.5 Å². The lowest BCUT2D eigenvalue weighted by atomic mass is 10.0. The third-order valence-electron chi connectivity index (χ3n) is 9.49. The number of unbranched alkanes of at least 4 members (excludes halogenated alkanes) is 30. The Morgan fingerprint density at radius 3 is 1.13 bits per heavy atom. The fourth-order valence-electron chi connectivity index (χ4n) is 6.30. The first kappa shape index (κ1) is 44.9. The van der Waals surface area contributed by atoms with Crippen LogP contribution >= 0.6 is 0 Å². The number of hydrogen-bond donors (Lipinski definition) is 3. The molecule has 0 unspecified atom stereocenters. The molecule has 0 rings (SSSR count). The van der Waals surface area contributed by atoms with Crippen LogP contribution < -0.4 is 5.32 Å². The molecule has 0 radical (unpaired) electrons. The smallest absolute Gasteiger partial charge is 0.244 e. The molecule has 4 nitrogen and oxygen atoms in total. The normalized spacial score (nSPS) is 13.2. The summed E-state index contributed by atoms with van der Waals surface area (Å²) in [4.78, 5) is 12.3. The Morgan fingerprint density at radius 1 is 0.500 bits per heavy atom. The standard InChI is InChI=1S/C42H81NO3/c1-3-5-7-9-11-13-15-17-18-19-20-21-22-23-24-26-28-30-32-34-36-38-42(46)43-40(39-44)41(45)37-35-33-31-29-27-25-16-14-12-10-8-6-4-2/h35-38,40-41,44-45H,3-34,39H2,1-2H3,(H,43,46)/b37-35+,38-36?/t40-,41+/m0/s1. The number of hydrogen-bond acceptors (Lipinski definition) is 3. The van der Waals surface area contributed by atoms with E-state index in [-0.39, 0.29) is 12.5 Å². The quantitative estimate of drug-likeness (QED) is 0.0357. The van der Waals surface area contributed by atoms with Crippen molar-refractivity contribution in [3.63, 3.8) is 0 Å². The summed E-state index contributed by atoms with van der Waals surface area (Å²) in [6.07, 6.45) is 48.9. The molecule has 0 saturated heterocycles. The molecule has 272 valence electrons. The molecule has 4 heteroatoms. The third kappa shape index (κ3) is 34.2. The van der Waals surface area contributed by atoms with E-state index in [0.717, 1.165) is 25.7 Å². The van der Waals surface area contributed by atoms with Crippen molar-refractivity contribution >= 4 is 5.91 Å². The number of allylic oxidation sites excluding steroid dienone is 2. The second kappa shape index (κ2) is 38.3. The molecule has 0 fully saturated rings. The van der Waals surface area contributed by atoms with Crippen LogP contribution in [0, 0.1) is 0 Å². The average molecular weight is 648 g/mol. The van der Waals surface area contributed by atoms with Crippen molar-refractivity contribution in [2.75, 3.05) is 6.61 Å². The lowest BCUT2D eigenvalue weighted by Gasteiger charge is -2.18. The van der Waals surface area contributed by atoms with Crippen molar-refractivity contribution in [3.8, 4) is 0 Å². The zero-order valence-corrected chi connectivity index (χ0v) is 31.1. The molecule has 0 aliphatic carbocycles. The summed E-state index contributed by atoms with van der Waals surface area (Å²) in [5.41, 5.74) is 0. The highest BCUT2D eigenvalue weighted by molar-refractivity contribution is 5.87. The molecule has 0 heterocycles. The fourth-order valence-corrected chi connectivity index (χ4v) is 6.30. The number of aliphatic hydroxyl groups excluding tert-OH is 2. The number of carbonyl (C=O) groups is 1. The van der Waals surface area contributed by atoms with Gasteiger partial charge in [0.1, 0.15) is 0 Å². The highest BCUT2D eigenvalue weighted by atomic mass is 16.3. The minimum absolute atomic E-state index is 0.241. The summed E-state index contributed by atoms with van der Waals surface area (Å²) in [7, 11) is 0. The van der Waals surface area contributed by atoms with Crippen molar-refractivity contribution in [1.29, 1.82) is 0 Å². The first-order chi connectivity index (χ1) is 22.7. The first-order valence-corrected chi connectivity index (χ1v) is 20.6. The molecule has 0 aliphatic heterocycles. The Morgan fingerprint density at radius 2 is 0.804 bits per heavy atom. The fraction of sp³-hybridized carbons (Fsp3) is 0.881. The molecular weight excluding hydrogens is 566 g/mol. The number of nitrogens with one attached hydrogen (secondary N) is 1. The molecule has 46 heavy (non-hydrogen) atoms. The summed E-state index contributed by atoms with van der Waals surface area (Å²) in [6.45, 7) is 4.28. The molecule has 0 aromatic carbocycles. The van der Waals surface area contributed by atoms with Gasteiger partial charge in [-0.2, -0.15) is 0 Å². The van der Waals surface area contributed by atoms with Crippen molar-refractivity contribution < 1.29 is 15.0 Å². The van der Waals surface area contributed by atoms with E-state index in [0.29, 0.717) is 0 Å². The summed E-state index contributed by atoms with van der Waals surface area (Å²) in [6, 6.07) is -0.666. The Kier molecular flexibility index (Phi) is 37.4. The Hall–Kier alpha value is -1.13. The van der Waals surface area contributed by atoms with E-state index in [9.17, 15) is 15.0 Å². The molecule has 0 aromatic heterocycles. The monoisotopic (exact) mass is 648 g/mol. The van der Waals surface area contributed by atoms with Crippen molar-refractivity contribution in [2.45, 2.75) is 231 Å². The zero-order valence-electron chi connectivity index (χ0n) is 31.1. The van der Waals surface area contributed by atoms with Crippen LogP contribution in [0.25, 0.3) is 0 Å². The number of carbonyl (C=O) groups excluding carboxylic acids is 1. The minimum atomic E-state index is -0.866. The SMILES string of the molecule is CCCCCCCCCCCCC/C=C/[C@@H](O)[C@H](CO)NC(=O)C=CCCCCCCCCCCCCCCCCCCCCC. The van der Waals surface area contributed by atoms with Gasteiger partial charge in [0, 0.05) is 0 Å².